The first-order valence-corrected chi connectivity index (χ1v) is 6.19. The molecule has 1 unspecified atom stereocenters. The molecule has 0 bridgehead atoms. The lowest BCUT2D eigenvalue weighted by Gasteiger charge is -2.25. The van der Waals surface area contributed by atoms with E-state index in [1.165, 1.54) is 32.2 Å². The van der Waals surface area contributed by atoms with Crippen molar-refractivity contribution in [2.45, 2.75) is 19.4 Å². The summed E-state index contributed by atoms with van der Waals surface area (Å²) in [7, 11) is 1.37. The number of halogens is 2. The number of hydrogen-bond acceptors (Lipinski definition) is 2. The molecule has 0 saturated carbocycles. The zero-order chi connectivity index (χ0) is 14.9. The molecule has 0 saturated heterocycles. The van der Waals surface area contributed by atoms with E-state index in [0.717, 1.165) is 0 Å². The Hall–Kier alpha value is -1.94. The molecule has 0 amide bonds. The molecule has 106 valence electrons. The van der Waals surface area contributed by atoms with Gasteiger partial charge in [-0.25, -0.2) is 8.78 Å². The molecule has 0 aliphatic rings. The van der Waals surface area contributed by atoms with Crippen LogP contribution in [0.15, 0.2) is 36.4 Å². The topological polar surface area (TPSA) is 29.5 Å². The lowest BCUT2D eigenvalue weighted by atomic mass is 9.87. The van der Waals surface area contributed by atoms with Gasteiger partial charge in [-0.2, -0.15) is 0 Å². The highest BCUT2D eigenvalue weighted by atomic mass is 19.1. The minimum absolute atomic E-state index is 0.0969. The Morgan fingerprint density at radius 1 is 1.00 bits per heavy atom. The van der Waals surface area contributed by atoms with Crippen LogP contribution in [0.25, 0.3) is 0 Å². The second-order valence-corrected chi connectivity index (χ2v) is 4.89. The number of benzene rings is 2. The molecule has 0 fully saturated rings. The lowest BCUT2D eigenvalue weighted by molar-refractivity contribution is 0.101. The van der Waals surface area contributed by atoms with Crippen molar-refractivity contribution in [1.29, 1.82) is 0 Å². The summed E-state index contributed by atoms with van der Waals surface area (Å²) >= 11 is 0. The van der Waals surface area contributed by atoms with Crippen molar-refractivity contribution in [2.75, 3.05) is 7.11 Å². The van der Waals surface area contributed by atoms with Crippen LogP contribution in [-0.4, -0.2) is 12.2 Å². The van der Waals surface area contributed by atoms with E-state index in [2.05, 4.69) is 0 Å². The van der Waals surface area contributed by atoms with Crippen molar-refractivity contribution in [3.05, 3.63) is 64.7 Å². The molecule has 4 heteroatoms. The highest BCUT2D eigenvalue weighted by molar-refractivity contribution is 5.40. The number of hydrogen-bond donors (Lipinski definition) is 1. The smallest absolute Gasteiger partial charge is 0.165 e. The van der Waals surface area contributed by atoms with Gasteiger partial charge in [-0.15, -0.1) is 0 Å². The van der Waals surface area contributed by atoms with Crippen molar-refractivity contribution in [3.63, 3.8) is 0 Å². The van der Waals surface area contributed by atoms with Crippen LogP contribution in [-0.2, 0) is 5.60 Å². The fourth-order valence-corrected chi connectivity index (χ4v) is 2.03. The van der Waals surface area contributed by atoms with Crippen LogP contribution < -0.4 is 4.74 Å². The van der Waals surface area contributed by atoms with Crippen LogP contribution in [0.2, 0.25) is 0 Å². The molecule has 2 aromatic rings. The van der Waals surface area contributed by atoms with Crippen LogP contribution >= 0.6 is 0 Å². The summed E-state index contributed by atoms with van der Waals surface area (Å²) in [4.78, 5) is 0. The SMILES string of the molecule is COc1ccc(C(C)(O)c2ccc(C)c(F)c2)cc1F. The Balaban J connectivity index is 2.48. The zero-order valence-corrected chi connectivity index (χ0v) is 11.6. The molecule has 0 spiro atoms. The van der Waals surface area contributed by atoms with E-state index >= 15 is 0 Å². The maximum atomic E-state index is 13.7. The normalized spacial score (nSPS) is 13.9. The van der Waals surface area contributed by atoms with Crippen LogP contribution in [0.5, 0.6) is 5.75 Å². The van der Waals surface area contributed by atoms with E-state index in [4.69, 9.17) is 4.74 Å². The highest BCUT2D eigenvalue weighted by Gasteiger charge is 2.27. The third kappa shape index (κ3) is 2.51. The van der Waals surface area contributed by atoms with Crippen LogP contribution in [0.3, 0.4) is 0 Å². The Bertz CT molecular complexity index is 636. The third-order valence-corrected chi connectivity index (χ3v) is 3.45. The average Bonchev–Trinajstić information content (AvgIpc) is 2.41. The number of aliphatic hydroxyl groups is 1. The maximum Gasteiger partial charge on any atom is 0.165 e. The Morgan fingerprint density at radius 2 is 1.55 bits per heavy atom. The first-order chi connectivity index (χ1) is 9.36. The fourth-order valence-electron chi connectivity index (χ4n) is 2.03. The van der Waals surface area contributed by atoms with Gasteiger partial charge in [0.2, 0.25) is 0 Å². The van der Waals surface area contributed by atoms with Gasteiger partial charge in [0.15, 0.2) is 11.6 Å². The van der Waals surface area contributed by atoms with Crippen LogP contribution in [0.4, 0.5) is 8.78 Å². The Morgan fingerprint density at radius 3 is 2.05 bits per heavy atom. The summed E-state index contributed by atoms with van der Waals surface area (Å²) in [5.74, 6) is -0.880. The van der Waals surface area contributed by atoms with E-state index < -0.39 is 17.2 Å². The Kier molecular flexibility index (Phi) is 3.77. The molecule has 0 aliphatic carbocycles. The fraction of sp³-hybridized carbons (Fsp3) is 0.250. The summed E-state index contributed by atoms with van der Waals surface area (Å²) < 4.78 is 32.2. The van der Waals surface area contributed by atoms with E-state index in [1.54, 1.807) is 25.1 Å². The number of rotatable bonds is 3. The van der Waals surface area contributed by atoms with Gasteiger partial charge in [-0.05, 0) is 48.7 Å². The lowest BCUT2D eigenvalue weighted by Crippen LogP contribution is -2.23. The van der Waals surface area contributed by atoms with Gasteiger partial charge in [-0.3, -0.25) is 0 Å². The summed E-state index contributed by atoms with van der Waals surface area (Å²) in [5, 5.41) is 10.6. The summed E-state index contributed by atoms with van der Waals surface area (Å²) in [6.07, 6.45) is 0. The third-order valence-electron chi connectivity index (χ3n) is 3.45. The van der Waals surface area contributed by atoms with Crippen molar-refractivity contribution in [3.8, 4) is 5.75 Å². The number of aryl methyl sites for hydroxylation is 1. The predicted octanol–water partition coefficient (Wildman–Crippen LogP) is 3.54. The second kappa shape index (κ2) is 5.21. The summed E-state index contributed by atoms with van der Waals surface area (Å²) in [5.41, 5.74) is -0.295. The minimum Gasteiger partial charge on any atom is -0.494 e. The van der Waals surface area contributed by atoms with Gasteiger partial charge in [0.1, 0.15) is 11.4 Å². The van der Waals surface area contributed by atoms with Crippen LogP contribution in [0, 0.1) is 18.6 Å². The molecule has 2 nitrogen and oxygen atoms in total. The van der Waals surface area contributed by atoms with Crippen molar-refractivity contribution < 1.29 is 18.6 Å². The van der Waals surface area contributed by atoms with Crippen molar-refractivity contribution in [2.24, 2.45) is 0 Å². The van der Waals surface area contributed by atoms with E-state index in [0.29, 0.717) is 16.7 Å². The molecule has 0 heterocycles. The molecule has 1 N–H and O–H groups in total. The molecule has 2 aromatic carbocycles. The monoisotopic (exact) mass is 278 g/mol. The van der Waals surface area contributed by atoms with Crippen molar-refractivity contribution in [1.82, 2.24) is 0 Å². The largest absolute Gasteiger partial charge is 0.494 e. The first-order valence-electron chi connectivity index (χ1n) is 6.19. The molecule has 0 radical (unpaired) electrons. The summed E-state index contributed by atoms with van der Waals surface area (Å²) in [6, 6.07) is 8.65. The molecule has 20 heavy (non-hydrogen) atoms. The van der Waals surface area contributed by atoms with Gasteiger partial charge >= 0.3 is 0 Å². The summed E-state index contributed by atoms with van der Waals surface area (Å²) in [6.45, 7) is 3.14. The van der Waals surface area contributed by atoms with Gasteiger partial charge in [-0.1, -0.05) is 18.2 Å². The van der Waals surface area contributed by atoms with E-state index in [-0.39, 0.29) is 5.75 Å². The maximum absolute atomic E-state index is 13.7. The molecule has 1 atom stereocenters. The average molecular weight is 278 g/mol. The predicted molar refractivity (Wildman–Crippen MR) is 72.8 cm³/mol. The van der Waals surface area contributed by atoms with Gasteiger partial charge < -0.3 is 9.84 Å². The van der Waals surface area contributed by atoms with E-state index in [9.17, 15) is 13.9 Å². The highest BCUT2D eigenvalue weighted by Crippen LogP contribution is 2.32. The Labute approximate surface area is 116 Å². The number of methoxy groups -OCH3 is 1. The van der Waals surface area contributed by atoms with Crippen molar-refractivity contribution >= 4 is 0 Å². The standard InChI is InChI=1S/C16H16F2O2/c1-10-4-5-11(8-13(10)17)16(2,19)12-6-7-15(20-3)14(18)9-12/h4-9,19H,1-3H3. The zero-order valence-electron chi connectivity index (χ0n) is 11.6. The molecule has 0 aromatic heterocycles. The minimum atomic E-state index is -1.48. The van der Waals surface area contributed by atoms with Gasteiger partial charge in [0.05, 0.1) is 7.11 Å². The van der Waals surface area contributed by atoms with Gasteiger partial charge in [0, 0.05) is 0 Å². The molecular weight excluding hydrogens is 262 g/mol. The molecule has 0 aliphatic heterocycles. The second-order valence-electron chi connectivity index (χ2n) is 4.89. The van der Waals surface area contributed by atoms with Crippen LogP contribution in [0.1, 0.15) is 23.6 Å². The number of ether oxygens (including phenoxy) is 1. The van der Waals surface area contributed by atoms with Gasteiger partial charge in [0.25, 0.3) is 0 Å². The quantitative estimate of drug-likeness (QED) is 0.930. The molecule has 2 rings (SSSR count). The van der Waals surface area contributed by atoms with E-state index in [1.807, 2.05) is 0 Å². The first kappa shape index (κ1) is 14.5. The molecular formula is C16H16F2O2.